The molecule has 0 bridgehead atoms. The lowest BCUT2D eigenvalue weighted by Crippen LogP contribution is -2.61. The van der Waals surface area contributed by atoms with Crippen molar-refractivity contribution in [2.75, 3.05) is 63.4 Å². The van der Waals surface area contributed by atoms with Crippen molar-refractivity contribution in [1.29, 1.82) is 0 Å². The van der Waals surface area contributed by atoms with Crippen molar-refractivity contribution in [2.24, 2.45) is 58.1 Å². The standard InChI is InChI=1S/2C45H69N11O12S/c2*1-6-25(4)38-44(66)51-28(15-16-34(46)57)40(62)52-31(21-35(47)58)41(63)54-32(23-69-18-8-10-37(60)50-30(42(64)55-38)20-26-11-13-27(68-5)14-12-26)45(67)56-17-7-9-33(56)43(65)53-29(19-24(2)3)39(61)49-22-36(48)59/h2*11-14,24-25,28-33,38H,6-10,15-23H2,1-5H3,(H2,46,57)(H2,47,58)(H2,48,59)(H,49,61)(H,50,60)(H,51,66)(H,52,62)(H,53,65)(H,54,63)(H,55,64)/t25-,28+,29-,30-,31-,32-,33-,38-;25-,28-,29-,30-,31-,32-,33-,38-/m00/s1/i15D2,16D2,28D;1D3. The zero-order valence-electron chi connectivity index (χ0n) is 86.8. The Hall–Kier alpha value is -12.9. The molecule has 6 rings (SSSR count). The fourth-order valence-electron chi connectivity index (χ4n) is 14.9. The molecule has 2 aromatic carbocycles. The van der Waals surface area contributed by atoms with Crippen molar-refractivity contribution in [3.63, 3.8) is 0 Å². The molecular formula is C90H138N22O24S2. The van der Waals surface area contributed by atoms with Gasteiger partial charge in [-0.25, -0.2) is 0 Å². The highest BCUT2D eigenvalue weighted by Gasteiger charge is 2.45. The van der Waals surface area contributed by atoms with Crippen LogP contribution in [0.2, 0.25) is 0 Å². The molecule has 46 nitrogen and oxygen atoms in total. The molecule has 0 spiro atoms. The van der Waals surface area contributed by atoms with Crippen LogP contribution in [0, 0.1) is 23.7 Å². The number of likely N-dealkylation sites (tertiary alicyclic amines) is 2. The molecular weight excluding hydrogens is 1840 g/mol. The van der Waals surface area contributed by atoms with E-state index in [0.717, 1.165) is 28.4 Å². The predicted molar refractivity (Wildman–Crippen MR) is 506 cm³/mol. The van der Waals surface area contributed by atoms with Crippen molar-refractivity contribution in [1.82, 2.24) is 84.2 Å². The van der Waals surface area contributed by atoms with Crippen molar-refractivity contribution in [2.45, 2.75) is 268 Å². The molecule has 16 atom stereocenters. The van der Waals surface area contributed by atoms with Crippen LogP contribution in [0.15, 0.2) is 48.5 Å². The number of nitrogens with one attached hydrogen (secondary N) is 14. The van der Waals surface area contributed by atoms with E-state index < -0.39 is 291 Å². The fraction of sp³-hybridized carbons (Fsp3) is 0.622. The summed E-state index contributed by atoms with van der Waals surface area (Å²) in [4.78, 5) is 298. The lowest BCUT2D eigenvalue weighted by molar-refractivity contribution is -0.142. The molecule has 0 saturated carbocycles. The third kappa shape index (κ3) is 39.7. The summed E-state index contributed by atoms with van der Waals surface area (Å²) in [6.07, 6.45) is -10.5. The summed E-state index contributed by atoms with van der Waals surface area (Å²) < 4.78 is 77.5. The minimum atomic E-state index is -4.12. The van der Waals surface area contributed by atoms with E-state index in [1.54, 1.807) is 69.3 Å². The van der Waals surface area contributed by atoms with Crippen LogP contribution in [0.5, 0.6) is 11.5 Å². The van der Waals surface area contributed by atoms with E-state index >= 15 is 0 Å². The van der Waals surface area contributed by atoms with Crippen LogP contribution in [0.4, 0.5) is 0 Å². The average Bonchev–Trinajstić information content (AvgIpc) is 0.913. The number of hydrogen-bond acceptors (Lipinski definition) is 26. The van der Waals surface area contributed by atoms with E-state index in [9.17, 15) is 107 Å². The maximum Gasteiger partial charge on any atom is 0.246 e. The van der Waals surface area contributed by atoms with Gasteiger partial charge in [-0.1, -0.05) is 92.4 Å². The second-order valence-electron chi connectivity index (χ2n) is 34.5. The number of methoxy groups -OCH3 is 2. The van der Waals surface area contributed by atoms with E-state index in [1.807, 2.05) is 24.5 Å². The molecule has 26 N–H and O–H groups in total. The normalized spacial score (nSPS) is 24.8. The number of ether oxygens (including phenoxy) is 2. The highest BCUT2D eigenvalue weighted by atomic mass is 32.2. The van der Waals surface area contributed by atoms with Gasteiger partial charge in [0.15, 0.2) is 0 Å². The van der Waals surface area contributed by atoms with Crippen LogP contribution >= 0.6 is 23.5 Å². The van der Waals surface area contributed by atoms with Gasteiger partial charge in [-0.05, 0) is 135 Å². The molecule has 48 heteroatoms. The lowest BCUT2D eigenvalue weighted by atomic mass is 9.96. The first-order valence-electron chi connectivity index (χ1n) is 49.2. The van der Waals surface area contributed by atoms with Crippen LogP contribution in [-0.4, -0.2) is 288 Å². The first-order valence-corrected chi connectivity index (χ1v) is 47.5. The largest absolute Gasteiger partial charge is 0.497 e. The Kier molecular flexibility index (Phi) is 43.5. The third-order valence-electron chi connectivity index (χ3n) is 22.3. The molecule has 0 aromatic heterocycles. The second-order valence-corrected chi connectivity index (χ2v) is 36.8. The van der Waals surface area contributed by atoms with Gasteiger partial charge in [0, 0.05) is 72.7 Å². The van der Waals surface area contributed by atoms with Gasteiger partial charge >= 0.3 is 0 Å². The van der Waals surface area contributed by atoms with E-state index in [0.29, 0.717) is 29.0 Å². The number of primary amides is 6. The number of benzene rings is 2. The Bertz CT molecular complexity index is 5000. The highest BCUT2D eigenvalue weighted by molar-refractivity contribution is 7.99. The highest BCUT2D eigenvalue weighted by Crippen LogP contribution is 2.26. The van der Waals surface area contributed by atoms with Gasteiger partial charge in [0.05, 0.1) is 41.5 Å². The number of amides is 22. The van der Waals surface area contributed by atoms with Gasteiger partial charge in [-0.15, -0.1) is 0 Å². The Morgan fingerprint density at radius 3 is 1.22 bits per heavy atom. The number of nitrogens with two attached hydrogens (primary N) is 6. The van der Waals surface area contributed by atoms with Gasteiger partial charge in [-0.2, -0.15) is 23.5 Å². The van der Waals surface area contributed by atoms with Crippen molar-refractivity contribution < 1.29 is 126 Å². The Labute approximate surface area is 820 Å². The zero-order chi connectivity index (χ0) is 110. The SMILES string of the molecule is [2H]C([2H])(C(N)=O)C([2H])([2H])[C@@]1([2H])NC(=O)[C@H]([C@@H](C)CC)NC(=O)[C@H](Cc2ccc(OC)cc2)NC(=O)CCCSC[C@@H](C(=O)N2CCC[C@H]2C(=O)N[C@@H](CC(C)C)C(=O)NCC(N)=O)NC(=O)[C@H](CC(N)=O)NC1=O.[2H]C([2H])([2H])C[C@H](C)[C@@H]1NC(=O)[C@H](Cc2ccc(OC)cc2)NC(=O)CCCSC[C@@H](C(=O)N2CCC[C@H]2C(=O)N[C@@H](CC(C)C)C(=O)NCC(N)=O)NC(=O)[C@H](CC(N)=O)NC(=O)[C@H](CCC(N)=O)NC1=O. The summed E-state index contributed by atoms with van der Waals surface area (Å²) in [5, 5.41) is 34.0. The van der Waals surface area contributed by atoms with Gasteiger partial charge in [0.25, 0.3) is 0 Å². The maximum absolute atomic E-state index is 14.6. The smallest absolute Gasteiger partial charge is 0.246 e. The molecule has 764 valence electrons. The molecule has 0 unspecified atom stereocenters. The van der Waals surface area contributed by atoms with Gasteiger partial charge in [0.2, 0.25) is 130 Å². The molecule has 4 fully saturated rings. The molecule has 2 aromatic rings. The van der Waals surface area contributed by atoms with Crippen LogP contribution in [0.25, 0.3) is 0 Å². The summed E-state index contributed by atoms with van der Waals surface area (Å²) in [6.45, 7) is 8.08. The monoisotopic (exact) mass is 1980 g/mol. The van der Waals surface area contributed by atoms with Crippen LogP contribution in [-0.2, 0) is 118 Å². The fourth-order valence-corrected chi connectivity index (χ4v) is 16.8. The number of hydrogen-bond donors (Lipinski definition) is 20. The molecule has 22 amide bonds. The molecule has 4 aliphatic heterocycles. The third-order valence-corrected chi connectivity index (χ3v) is 24.6. The molecule has 0 aliphatic carbocycles. The number of nitrogens with zero attached hydrogens (tertiary/aromatic N) is 2. The van der Waals surface area contributed by atoms with E-state index in [2.05, 4.69) is 63.8 Å². The summed E-state index contributed by atoms with van der Waals surface area (Å²) in [5.74, 6) is -23.8. The topological polar surface area (TPSA) is 725 Å². The predicted octanol–water partition coefficient (Wildman–Crippen LogP) is -5.00. The first-order chi connectivity index (χ1) is 68.3. The molecule has 0 radical (unpaired) electrons. The minimum Gasteiger partial charge on any atom is -0.497 e. The van der Waals surface area contributed by atoms with Crippen LogP contribution in [0.1, 0.15) is 193 Å². The van der Waals surface area contributed by atoms with E-state index in [1.165, 1.54) is 33.0 Å². The summed E-state index contributed by atoms with van der Waals surface area (Å²) in [6, 6.07) is -10.3. The Morgan fingerprint density at radius 1 is 0.464 bits per heavy atom. The second kappa shape index (κ2) is 58.6. The van der Waals surface area contributed by atoms with Crippen LogP contribution < -0.4 is 118 Å². The summed E-state index contributed by atoms with van der Waals surface area (Å²) in [7, 11) is 2.91. The lowest BCUT2D eigenvalue weighted by Gasteiger charge is -2.31. The number of carbonyl (C=O) groups excluding carboxylic acids is 22. The minimum absolute atomic E-state index is 0.0286. The van der Waals surface area contributed by atoms with Crippen molar-refractivity contribution in [3.05, 3.63) is 59.7 Å². The molecule has 4 aliphatic rings. The van der Waals surface area contributed by atoms with Crippen molar-refractivity contribution in [3.8, 4) is 11.5 Å². The number of carbonyl (C=O) groups is 22. The Balaban J connectivity index is 0.000000514. The average molecular weight is 1980 g/mol. The summed E-state index contributed by atoms with van der Waals surface area (Å²) >= 11 is 2.20. The Morgan fingerprint density at radius 2 is 0.848 bits per heavy atom. The molecule has 4 heterocycles. The van der Waals surface area contributed by atoms with Crippen molar-refractivity contribution >= 4 is 153 Å². The van der Waals surface area contributed by atoms with Gasteiger partial charge in [0.1, 0.15) is 96.1 Å². The summed E-state index contributed by atoms with van der Waals surface area (Å²) in [5.41, 5.74) is 33.1. The molecule has 138 heavy (non-hydrogen) atoms. The maximum atomic E-state index is 14.6. The first kappa shape index (κ1) is 102. The van der Waals surface area contributed by atoms with Gasteiger partial charge in [-0.3, -0.25) is 105 Å². The van der Waals surface area contributed by atoms with E-state index in [-0.39, 0.29) is 125 Å². The molecule has 4 saturated heterocycles. The van der Waals surface area contributed by atoms with E-state index in [4.69, 9.17) is 53.5 Å². The van der Waals surface area contributed by atoms with Gasteiger partial charge < -0.3 is 128 Å². The zero-order valence-corrected chi connectivity index (χ0v) is 80.4. The van der Waals surface area contributed by atoms with Crippen LogP contribution in [0.3, 0.4) is 0 Å². The number of thioether (sulfide) groups is 2. The number of rotatable bonds is 36. The quantitative estimate of drug-likeness (QED) is 0.0304.